The molecule has 0 radical (unpaired) electrons. The normalized spacial score (nSPS) is 20.4. The maximum Gasteiger partial charge on any atom is 0.113 e. The Morgan fingerprint density at radius 2 is 2.50 bits per heavy atom. The molecule has 0 saturated carbocycles. The minimum Gasteiger partial charge on any atom is -0.468 e. The van der Waals surface area contributed by atoms with Crippen LogP contribution in [-0.4, -0.2) is 32.1 Å². The molecule has 16 heavy (non-hydrogen) atoms. The van der Waals surface area contributed by atoms with Gasteiger partial charge in [0, 0.05) is 25.4 Å². The fourth-order valence-corrected chi connectivity index (χ4v) is 2.56. The van der Waals surface area contributed by atoms with E-state index in [1.54, 1.807) is 6.26 Å². The summed E-state index contributed by atoms with van der Waals surface area (Å²) < 4.78 is 10.6. The van der Waals surface area contributed by atoms with E-state index in [4.69, 9.17) is 9.15 Å². The maximum atomic E-state index is 5.33. The highest BCUT2D eigenvalue weighted by molar-refractivity contribution is 7.98. The summed E-state index contributed by atoms with van der Waals surface area (Å²) in [5, 5.41) is 3.48. The molecule has 1 aliphatic heterocycles. The largest absolute Gasteiger partial charge is 0.468 e. The number of ether oxygens (including phenoxy) is 1. The van der Waals surface area contributed by atoms with Gasteiger partial charge in [0.05, 0.1) is 18.6 Å². The monoisotopic (exact) mass is 241 g/mol. The third-order valence-corrected chi connectivity index (χ3v) is 3.69. The van der Waals surface area contributed by atoms with Crippen molar-refractivity contribution in [2.75, 3.05) is 32.1 Å². The van der Waals surface area contributed by atoms with Crippen molar-refractivity contribution in [3.8, 4) is 0 Å². The molecule has 1 fully saturated rings. The van der Waals surface area contributed by atoms with Crippen LogP contribution < -0.4 is 5.32 Å². The molecule has 90 valence electrons. The molecular formula is C12H19NO2S. The van der Waals surface area contributed by atoms with Crippen LogP contribution in [0.2, 0.25) is 0 Å². The van der Waals surface area contributed by atoms with E-state index < -0.39 is 0 Å². The third-order valence-electron chi connectivity index (χ3n) is 2.70. The Balaban J connectivity index is 1.43. The molecule has 0 aliphatic carbocycles. The van der Waals surface area contributed by atoms with Gasteiger partial charge in [0.15, 0.2) is 0 Å². The summed E-state index contributed by atoms with van der Waals surface area (Å²) in [5.74, 6) is 3.90. The second-order valence-electron chi connectivity index (χ2n) is 4.07. The minimum absolute atomic E-state index is 0.732. The molecule has 1 aromatic rings. The second kappa shape index (κ2) is 6.99. The molecule has 1 unspecified atom stereocenters. The molecule has 0 bridgehead atoms. The number of nitrogens with one attached hydrogen (secondary N) is 1. The van der Waals surface area contributed by atoms with Crippen LogP contribution in [-0.2, 0) is 10.5 Å². The number of thioether (sulfide) groups is 1. The lowest BCUT2D eigenvalue weighted by molar-refractivity contribution is 0.185. The first-order chi connectivity index (χ1) is 7.95. The second-order valence-corrected chi connectivity index (χ2v) is 5.17. The summed E-state index contributed by atoms with van der Waals surface area (Å²) in [5.41, 5.74) is 0. The van der Waals surface area contributed by atoms with Gasteiger partial charge in [-0.3, -0.25) is 0 Å². The van der Waals surface area contributed by atoms with Crippen molar-refractivity contribution >= 4 is 11.8 Å². The molecule has 1 aliphatic rings. The van der Waals surface area contributed by atoms with Crippen molar-refractivity contribution in [2.45, 2.75) is 12.2 Å². The van der Waals surface area contributed by atoms with Crippen molar-refractivity contribution < 1.29 is 9.15 Å². The van der Waals surface area contributed by atoms with Crippen LogP contribution >= 0.6 is 11.8 Å². The SMILES string of the molecule is c1coc(CSCCNCC2CCOC2)c1. The number of furan rings is 1. The van der Waals surface area contributed by atoms with Crippen molar-refractivity contribution in [3.05, 3.63) is 24.2 Å². The van der Waals surface area contributed by atoms with Gasteiger partial charge in [-0.2, -0.15) is 11.8 Å². The molecule has 1 N–H and O–H groups in total. The van der Waals surface area contributed by atoms with Gasteiger partial charge in [0.2, 0.25) is 0 Å². The average Bonchev–Trinajstić information content (AvgIpc) is 2.96. The van der Waals surface area contributed by atoms with Crippen LogP contribution in [0.25, 0.3) is 0 Å². The summed E-state index contributed by atoms with van der Waals surface area (Å²) in [6, 6.07) is 3.96. The Labute approximate surface area is 101 Å². The van der Waals surface area contributed by atoms with E-state index in [2.05, 4.69) is 5.32 Å². The fraction of sp³-hybridized carbons (Fsp3) is 0.667. The van der Waals surface area contributed by atoms with E-state index in [9.17, 15) is 0 Å². The smallest absolute Gasteiger partial charge is 0.113 e. The highest BCUT2D eigenvalue weighted by Gasteiger charge is 2.14. The zero-order valence-corrected chi connectivity index (χ0v) is 10.3. The van der Waals surface area contributed by atoms with Gasteiger partial charge in [-0.05, 0) is 24.5 Å². The van der Waals surface area contributed by atoms with Gasteiger partial charge < -0.3 is 14.5 Å². The van der Waals surface area contributed by atoms with E-state index in [1.807, 2.05) is 23.9 Å². The molecule has 3 nitrogen and oxygen atoms in total. The average molecular weight is 241 g/mol. The lowest BCUT2D eigenvalue weighted by Gasteiger charge is -2.08. The minimum atomic E-state index is 0.732. The quantitative estimate of drug-likeness (QED) is 0.742. The Morgan fingerprint density at radius 1 is 1.50 bits per heavy atom. The Kier molecular flexibility index (Phi) is 5.25. The van der Waals surface area contributed by atoms with Gasteiger partial charge in [0.1, 0.15) is 5.76 Å². The van der Waals surface area contributed by atoms with E-state index in [1.165, 1.54) is 6.42 Å². The predicted octanol–water partition coefficient (Wildman–Crippen LogP) is 2.14. The summed E-state index contributed by atoms with van der Waals surface area (Å²) in [7, 11) is 0. The van der Waals surface area contributed by atoms with Gasteiger partial charge in [-0.25, -0.2) is 0 Å². The first kappa shape index (κ1) is 12.0. The zero-order valence-electron chi connectivity index (χ0n) is 9.48. The van der Waals surface area contributed by atoms with E-state index in [0.29, 0.717) is 0 Å². The molecule has 4 heteroatoms. The van der Waals surface area contributed by atoms with Crippen LogP contribution in [0.1, 0.15) is 12.2 Å². The van der Waals surface area contributed by atoms with Gasteiger partial charge >= 0.3 is 0 Å². The van der Waals surface area contributed by atoms with Gasteiger partial charge in [0.25, 0.3) is 0 Å². The lowest BCUT2D eigenvalue weighted by atomic mass is 10.1. The number of hydrogen-bond acceptors (Lipinski definition) is 4. The van der Waals surface area contributed by atoms with Crippen molar-refractivity contribution in [2.24, 2.45) is 5.92 Å². The summed E-state index contributed by atoms with van der Waals surface area (Å²) in [4.78, 5) is 0. The van der Waals surface area contributed by atoms with Crippen LogP contribution in [0, 0.1) is 5.92 Å². The zero-order chi connectivity index (χ0) is 11.1. The maximum absolute atomic E-state index is 5.33. The van der Waals surface area contributed by atoms with Crippen LogP contribution in [0.3, 0.4) is 0 Å². The fourth-order valence-electron chi connectivity index (χ4n) is 1.76. The molecule has 0 amide bonds. The standard InChI is InChI=1S/C12H19NO2S/c1-2-12(15-5-1)10-16-7-4-13-8-11-3-6-14-9-11/h1-2,5,11,13H,3-4,6-10H2. The highest BCUT2D eigenvalue weighted by atomic mass is 32.2. The summed E-state index contributed by atoms with van der Waals surface area (Å²) in [6.45, 7) is 4.05. The Bertz CT molecular complexity index is 271. The molecule has 1 saturated heterocycles. The third kappa shape index (κ3) is 4.20. The van der Waals surface area contributed by atoms with E-state index >= 15 is 0 Å². The van der Waals surface area contributed by atoms with Crippen LogP contribution in [0.4, 0.5) is 0 Å². The summed E-state index contributed by atoms with van der Waals surface area (Å²) >= 11 is 1.91. The molecule has 1 atom stereocenters. The van der Waals surface area contributed by atoms with Crippen molar-refractivity contribution in [3.63, 3.8) is 0 Å². The van der Waals surface area contributed by atoms with E-state index in [0.717, 1.165) is 49.5 Å². The molecule has 2 rings (SSSR count). The van der Waals surface area contributed by atoms with E-state index in [-0.39, 0.29) is 0 Å². The lowest BCUT2D eigenvalue weighted by Crippen LogP contribution is -2.25. The molecule has 0 spiro atoms. The first-order valence-electron chi connectivity index (χ1n) is 5.84. The Hall–Kier alpha value is -0.450. The summed E-state index contributed by atoms with van der Waals surface area (Å²) in [6.07, 6.45) is 2.95. The highest BCUT2D eigenvalue weighted by Crippen LogP contribution is 2.12. The first-order valence-corrected chi connectivity index (χ1v) is 6.99. The Morgan fingerprint density at radius 3 is 3.25 bits per heavy atom. The van der Waals surface area contributed by atoms with Crippen molar-refractivity contribution in [1.82, 2.24) is 5.32 Å². The van der Waals surface area contributed by atoms with Gasteiger partial charge in [-0.15, -0.1) is 0 Å². The number of rotatable bonds is 7. The van der Waals surface area contributed by atoms with Crippen LogP contribution in [0.15, 0.2) is 22.8 Å². The molecular weight excluding hydrogens is 222 g/mol. The molecule has 0 aromatic carbocycles. The van der Waals surface area contributed by atoms with Gasteiger partial charge in [-0.1, -0.05) is 0 Å². The predicted molar refractivity (Wildman–Crippen MR) is 66.7 cm³/mol. The number of hydrogen-bond donors (Lipinski definition) is 1. The van der Waals surface area contributed by atoms with Crippen LogP contribution in [0.5, 0.6) is 0 Å². The molecule has 1 aromatic heterocycles. The topological polar surface area (TPSA) is 34.4 Å². The molecule has 2 heterocycles. The van der Waals surface area contributed by atoms with Crippen molar-refractivity contribution in [1.29, 1.82) is 0 Å².